The minimum absolute atomic E-state index is 0.0892. The van der Waals surface area contributed by atoms with E-state index in [1.807, 2.05) is 42.5 Å². The molecule has 1 aromatic heterocycles. The third-order valence-corrected chi connectivity index (χ3v) is 4.23. The lowest BCUT2D eigenvalue weighted by molar-refractivity contribution is 0.321. The number of hydrogen-bond donors (Lipinski definition) is 0. The molecule has 0 bridgehead atoms. The Labute approximate surface area is 115 Å². The first-order valence-corrected chi connectivity index (χ1v) is 7.20. The molecule has 0 atom stereocenters. The Morgan fingerprint density at radius 2 is 1.84 bits per heavy atom. The Hall–Kier alpha value is -1.87. The summed E-state index contributed by atoms with van der Waals surface area (Å²) in [5, 5.41) is 1.53. The highest BCUT2D eigenvalue weighted by Crippen LogP contribution is 2.31. The highest BCUT2D eigenvalue weighted by Gasteiger charge is 2.09. The summed E-state index contributed by atoms with van der Waals surface area (Å²) in [6.07, 6.45) is 0.957. The lowest BCUT2D eigenvalue weighted by atomic mass is 10.2. The van der Waals surface area contributed by atoms with Gasteiger partial charge in [0.15, 0.2) is 5.43 Å². The van der Waals surface area contributed by atoms with E-state index >= 15 is 0 Å². The van der Waals surface area contributed by atoms with Crippen LogP contribution in [0.25, 0.3) is 20.2 Å². The highest BCUT2D eigenvalue weighted by atomic mass is 32.1. The molecule has 19 heavy (non-hydrogen) atoms. The van der Waals surface area contributed by atoms with Crippen molar-refractivity contribution in [3.63, 3.8) is 0 Å². The van der Waals surface area contributed by atoms with E-state index in [2.05, 4.69) is 6.92 Å². The van der Waals surface area contributed by atoms with E-state index in [-0.39, 0.29) is 5.43 Å². The fraction of sp³-hybridized carbons (Fsp3) is 0.188. The number of fused-ring (bicyclic) bond motifs is 2. The molecule has 0 aliphatic carbocycles. The van der Waals surface area contributed by atoms with Crippen molar-refractivity contribution in [2.24, 2.45) is 0 Å². The molecule has 0 saturated heterocycles. The monoisotopic (exact) mass is 270 g/mol. The van der Waals surface area contributed by atoms with E-state index in [4.69, 9.17) is 4.74 Å². The van der Waals surface area contributed by atoms with Crippen molar-refractivity contribution in [1.82, 2.24) is 0 Å². The quantitative estimate of drug-likeness (QED) is 0.667. The van der Waals surface area contributed by atoms with Gasteiger partial charge in [-0.3, -0.25) is 4.79 Å². The minimum atomic E-state index is 0.0892. The van der Waals surface area contributed by atoms with Crippen LogP contribution in [0, 0.1) is 0 Å². The molecular formula is C16H14O2S. The van der Waals surface area contributed by atoms with Crippen molar-refractivity contribution in [2.45, 2.75) is 13.3 Å². The van der Waals surface area contributed by atoms with Gasteiger partial charge in [-0.2, -0.15) is 0 Å². The van der Waals surface area contributed by atoms with Gasteiger partial charge in [-0.25, -0.2) is 0 Å². The molecule has 0 amide bonds. The predicted molar refractivity (Wildman–Crippen MR) is 81.4 cm³/mol. The van der Waals surface area contributed by atoms with Gasteiger partial charge in [0, 0.05) is 15.5 Å². The molecule has 0 aliphatic rings. The zero-order valence-corrected chi connectivity index (χ0v) is 11.5. The average Bonchev–Trinajstić information content (AvgIpc) is 2.46. The van der Waals surface area contributed by atoms with Gasteiger partial charge in [-0.05, 0) is 30.7 Å². The van der Waals surface area contributed by atoms with Crippen molar-refractivity contribution in [1.29, 1.82) is 0 Å². The van der Waals surface area contributed by atoms with Crippen molar-refractivity contribution < 1.29 is 4.74 Å². The Morgan fingerprint density at radius 1 is 1.05 bits per heavy atom. The van der Waals surface area contributed by atoms with Crippen molar-refractivity contribution in [3.8, 4) is 5.75 Å². The molecule has 0 unspecified atom stereocenters. The van der Waals surface area contributed by atoms with Gasteiger partial charge >= 0.3 is 0 Å². The number of ether oxygens (including phenoxy) is 1. The van der Waals surface area contributed by atoms with Crippen LogP contribution in [-0.2, 0) is 0 Å². The van der Waals surface area contributed by atoms with Crippen LogP contribution in [0.1, 0.15) is 13.3 Å². The van der Waals surface area contributed by atoms with Gasteiger partial charge in [-0.15, -0.1) is 11.3 Å². The van der Waals surface area contributed by atoms with Gasteiger partial charge in [0.1, 0.15) is 5.75 Å². The maximum atomic E-state index is 12.5. The minimum Gasteiger partial charge on any atom is -0.492 e. The van der Waals surface area contributed by atoms with Gasteiger partial charge in [0.25, 0.3) is 0 Å². The van der Waals surface area contributed by atoms with E-state index < -0.39 is 0 Å². The zero-order valence-electron chi connectivity index (χ0n) is 10.7. The van der Waals surface area contributed by atoms with Crippen LogP contribution in [-0.4, -0.2) is 6.61 Å². The Balaban J connectivity index is 2.34. The lowest BCUT2D eigenvalue weighted by Crippen LogP contribution is -2.02. The van der Waals surface area contributed by atoms with Gasteiger partial charge < -0.3 is 4.74 Å². The van der Waals surface area contributed by atoms with Gasteiger partial charge in [0.2, 0.25) is 0 Å². The first-order chi connectivity index (χ1) is 9.31. The smallest absolute Gasteiger partial charge is 0.196 e. The third kappa shape index (κ3) is 2.10. The summed E-state index contributed by atoms with van der Waals surface area (Å²) in [7, 11) is 0. The predicted octanol–water partition coefficient (Wildman–Crippen LogP) is 4.20. The summed E-state index contributed by atoms with van der Waals surface area (Å²) in [6.45, 7) is 2.75. The van der Waals surface area contributed by atoms with E-state index in [9.17, 15) is 4.79 Å². The Morgan fingerprint density at radius 3 is 2.68 bits per heavy atom. The van der Waals surface area contributed by atoms with E-state index in [0.717, 1.165) is 32.3 Å². The van der Waals surface area contributed by atoms with Crippen LogP contribution in [0.2, 0.25) is 0 Å². The van der Waals surface area contributed by atoms with Crippen molar-refractivity contribution in [2.75, 3.05) is 6.61 Å². The molecule has 3 aromatic rings. The zero-order chi connectivity index (χ0) is 13.2. The van der Waals surface area contributed by atoms with Crippen LogP contribution >= 0.6 is 11.3 Å². The van der Waals surface area contributed by atoms with E-state index in [1.54, 1.807) is 11.3 Å². The molecule has 0 fully saturated rings. The first-order valence-electron chi connectivity index (χ1n) is 6.38. The SMILES string of the molecule is CCCOc1cccc2c(=O)c3ccccc3sc12. The average molecular weight is 270 g/mol. The number of benzene rings is 2. The summed E-state index contributed by atoms with van der Waals surface area (Å²) >= 11 is 1.62. The molecular weight excluding hydrogens is 256 g/mol. The van der Waals surface area contributed by atoms with Crippen molar-refractivity contribution >= 4 is 31.5 Å². The summed E-state index contributed by atoms with van der Waals surface area (Å²) in [6, 6.07) is 13.4. The van der Waals surface area contributed by atoms with Crippen LogP contribution < -0.4 is 10.2 Å². The molecule has 0 radical (unpaired) electrons. The van der Waals surface area contributed by atoms with E-state index in [1.165, 1.54) is 0 Å². The molecule has 3 rings (SSSR count). The van der Waals surface area contributed by atoms with Gasteiger partial charge in [-0.1, -0.05) is 25.1 Å². The second kappa shape index (κ2) is 5.02. The molecule has 0 N–H and O–H groups in total. The topological polar surface area (TPSA) is 26.3 Å². The summed E-state index contributed by atoms with van der Waals surface area (Å²) in [4.78, 5) is 12.5. The fourth-order valence-corrected chi connectivity index (χ4v) is 3.26. The number of rotatable bonds is 3. The molecule has 0 aliphatic heterocycles. The van der Waals surface area contributed by atoms with Crippen molar-refractivity contribution in [3.05, 3.63) is 52.7 Å². The Bertz CT molecular complexity index is 789. The maximum Gasteiger partial charge on any atom is 0.196 e. The molecule has 2 nitrogen and oxygen atoms in total. The molecule has 96 valence electrons. The van der Waals surface area contributed by atoms with Gasteiger partial charge in [0.05, 0.1) is 11.3 Å². The third-order valence-electron chi connectivity index (χ3n) is 3.03. The molecule has 0 saturated carbocycles. The lowest BCUT2D eigenvalue weighted by Gasteiger charge is -2.08. The second-order valence-corrected chi connectivity index (χ2v) is 5.46. The fourth-order valence-electron chi connectivity index (χ4n) is 2.12. The normalized spacial score (nSPS) is 11.0. The maximum absolute atomic E-state index is 12.5. The molecule has 0 spiro atoms. The van der Waals surface area contributed by atoms with Crippen LogP contribution in [0.15, 0.2) is 47.3 Å². The van der Waals surface area contributed by atoms with Crippen LogP contribution in [0.5, 0.6) is 5.75 Å². The Kier molecular flexibility index (Phi) is 3.22. The van der Waals surface area contributed by atoms with Crippen LogP contribution in [0.4, 0.5) is 0 Å². The first kappa shape index (κ1) is 12.2. The molecule has 3 heteroatoms. The second-order valence-electron chi connectivity index (χ2n) is 4.41. The summed E-state index contributed by atoms with van der Waals surface area (Å²) < 4.78 is 7.69. The van der Waals surface area contributed by atoms with Crippen LogP contribution in [0.3, 0.4) is 0 Å². The number of hydrogen-bond acceptors (Lipinski definition) is 3. The standard InChI is InChI=1S/C16H14O2S/c1-2-10-18-13-8-5-7-12-15(17)11-6-3-4-9-14(11)19-16(12)13/h3-9H,2,10H2,1H3. The highest BCUT2D eigenvalue weighted by molar-refractivity contribution is 7.24. The largest absolute Gasteiger partial charge is 0.492 e. The summed E-state index contributed by atoms with van der Waals surface area (Å²) in [5.74, 6) is 0.812. The summed E-state index contributed by atoms with van der Waals surface area (Å²) in [5.41, 5.74) is 0.0892. The molecule has 1 heterocycles. The molecule has 2 aromatic carbocycles. The van der Waals surface area contributed by atoms with E-state index in [0.29, 0.717) is 6.61 Å².